The maximum Gasteiger partial charge on any atom is 0.327 e. The lowest BCUT2D eigenvalue weighted by atomic mass is 9.95. The molecule has 0 bridgehead atoms. The summed E-state index contributed by atoms with van der Waals surface area (Å²) in [5.41, 5.74) is -0.567. The van der Waals surface area contributed by atoms with Crippen molar-refractivity contribution in [3.63, 3.8) is 0 Å². The van der Waals surface area contributed by atoms with Crippen LogP contribution in [-0.2, 0) is 9.53 Å². The second-order valence-electron chi connectivity index (χ2n) is 4.68. The molecule has 19 heavy (non-hydrogen) atoms. The van der Waals surface area contributed by atoms with Gasteiger partial charge in [0, 0.05) is 18.1 Å². The molecule has 1 heterocycles. The number of hydrogen-bond donors (Lipinski definition) is 2. The van der Waals surface area contributed by atoms with Crippen LogP contribution in [0.2, 0.25) is 0 Å². The second kappa shape index (κ2) is 6.43. The van der Waals surface area contributed by atoms with Crippen molar-refractivity contribution < 1.29 is 9.53 Å². The van der Waals surface area contributed by atoms with Crippen LogP contribution in [0.15, 0.2) is 17.6 Å². The average Bonchev–Trinajstić information content (AvgIpc) is 3.12. The number of ether oxygens (including phenoxy) is 1. The molecule has 0 aliphatic heterocycles. The highest BCUT2D eigenvalue weighted by Gasteiger charge is 2.51. The van der Waals surface area contributed by atoms with E-state index in [2.05, 4.69) is 15.3 Å². The molecule has 106 valence electrons. The van der Waals surface area contributed by atoms with E-state index in [1.165, 1.54) is 0 Å². The Kier molecular flexibility index (Phi) is 4.87. The first-order valence-corrected chi connectivity index (χ1v) is 7.76. The van der Waals surface area contributed by atoms with Crippen molar-refractivity contribution in [3.05, 3.63) is 12.4 Å². The van der Waals surface area contributed by atoms with Crippen molar-refractivity contribution in [2.24, 2.45) is 5.92 Å². The smallest absolute Gasteiger partial charge is 0.327 e. The van der Waals surface area contributed by atoms with Gasteiger partial charge in [0.2, 0.25) is 0 Å². The lowest BCUT2D eigenvalue weighted by molar-refractivity contribution is -0.151. The van der Waals surface area contributed by atoms with Gasteiger partial charge in [-0.05, 0) is 32.2 Å². The molecule has 0 amide bonds. The number of carbonyl (C=O) groups is 1. The van der Waals surface area contributed by atoms with Crippen molar-refractivity contribution in [1.82, 2.24) is 15.3 Å². The van der Waals surface area contributed by atoms with Gasteiger partial charge in [-0.25, -0.2) is 4.98 Å². The summed E-state index contributed by atoms with van der Waals surface area (Å²) in [5, 5.41) is 4.21. The highest BCUT2D eigenvalue weighted by Crippen LogP contribution is 2.42. The standard InChI is InChI=1S/C13H21N3O2S/c1-3-16-13(10-5-6-10,11(17)18-4-2)9-19-12-14-7-8-15-12/h7-8,10,16H,3-6,9H2,1-2H3,(H,14,15). The number of nitrogens with one attached hydrogen (secondary N) is 2. The summed E-state index contributed by atoms with van der Waals surface area (Å²) in [6, 6.07) is 0. The van der Waals surface area contributed by atoms with Crippen LogP contribution < -0.4 is 5.32 Å². The Balaban J connectivity index is 2.09. The average molecular weight is 283 g/mol. The summed E-state index contributed by atoms with van der Waals surface area (Å²) in [7, 11) is 0. The SMILES string of the molecule is CCNC(CSc1ncc[nH]1)(C(=O)OCC)C1CC1. The Morgan fingerprint density at radius 2 is 2.42 bits per heavy atom. The van der Waals surface area contributed by atoms with Crippen LogP contribution >= 0.6 is 11.8 Å². The van der Waals surface area contributed by atoms with E-state index in [-0.39, 0.29) is 5.97 Å². The molecule has 0 saturated heterocycles. The van der Waals surface area contributed by atoms with Gasteiger partial charge in [0.05, 0.1) is 6.61 Å². The van der Waals surface area contributed by atoms with Crippen molar-refractivity contribution in [3.8, 4) is 0 Å². The largest absolute Gasteiger partial charge is 0.465 e. The molecule has 1 atom stereocenters. The van der Waals surface area contributed by atoms with Crippen LogP contribution in [0.3, 0.4) is 0 Å². The second-order valence-corrected chi connectivity index (χ2v) is 5.64. The Morgan fingerprint density at radius 1 is 1.63 bits per heavy atom. The first-order chi connectivity index (χ1) is 9.23. The molecule has 1 aliphatic carbocycles. The monoisotopic (exact) mass is 283 g/mol. The zero-order valence-electron chi connectivity index (χ0n) is 11.4. The van der Waals surface area contributed by atoms with Gasteiger partial charge in [-0.15, -0.1) is 0 Å². The zero-order valence-corrected chi connectivity index (χ0v) is 12.3. The third-order valence-corrected chi connectivity index (χ3v) is 4.41. The summed E-state index contributed by atoms with van der Waals surface area (Å²) in [6.45, 7) is 5.05. The molecule has 2 rings (SSSR count). The van der Waals surface area contributed by atoms with Gasteiger partial charge in [-0.3, -0.25) is 4.79 Å². The fourth-order valence-corrected chi connectivity index (χ4v) is 3.38. The van der Waals surface area contributed by atoms with E-state index in [0.717, 1.165) is 24.5 Å². The minimum Gasteiger partial charge on any atom is -0.465 e. The Hall–Kier alpha value is -1.01. The topological polar surface area (TPSA) is 67.0 Å². The van der Waals surface area contributed by atoms with Crippen LogP contribution in [0, 0.1) is 5.92 Å². The van der Waals surface area contributed by atoms with Gasteiger partial charge in [0.15, 0.2) is 5.16 Å². The van der Waals surface area contributed by atoms with E-state index in [1.807, 2.05) is 13.8 Å². The molecule has 1 aromatic rings. The van der Waals surface area contributed by atoms with Crippen LogP contribution in [0.5, 0.6) is 0 Å². The third-order valence-electron chi connectivity index (χ3n) is 3.32. The number of nitrogens with zero attached hydrogens (tertiary/aromatic N) is 1. The molecule has 6 heteroatoms. The Bertz CT molecular complexity index is 406. The first-order valence-electron chi connectivity index (χ1n) is 6.77. The van der Waals surface area contributed by atoms with Crippen LogP contribution in [0.4, 0.5) is 0 Å². The summed E-state index contributed by atoms with van der Waals surface area (Å²) >= 11 is 1.57. The van der Waals surface area contributed by atoms with Crippen molar-refractivity contribution >= 4 is 17.7 Å². The number of likely N-dealkylation sites (N-methyl/N-ethyl adjacent to an activating group) is 1. The number of H-pyrrole nitrogens is 1. The summed E-state index contributed by atoms with van der Waals surface area (Å²) in [6.07, 6.45) is 5.69. The van der Waals surface area contributed by atoms with Crippen molar-refractivity contribution in [2.45, 2.75) is 37.4 Å². The normalized spacial score (nSPS) is 18.0. The van der Waals surface area contributed by atoms with E-state index in [9.17, 15) is 4.79 Å². The molecule has 0 spiro atoms. The highest BCUT2D eigenvalue weighted by molar-refractivity contribution is 7.99. The van der Waals surface area contributed by atoms with Crippen LogP contribution in [0.25, 0.3) is 0 Å². The summed E-state index contributed by atoms with van der Waals surface area (Å²) < 4.78 is 5.29. The first kappa shape index (κ1) is 14.4. The molecule has 1 fully saturated rings. The van der Waals surface area contributed by atoms with Gasteiger partial charge in [0.1, 0.15) is 5.54 Å². The van der Waals surface area contributed by atoms with Gasteiger partial charge in [0.25, 0.3) is 0 Å². The minimum atomic E-state index is -0.567. The highest BCUT2D eigenvalue weighted by atomic mass is 32.2. The van der Waals surface area contributed by atoms with Gasteiger partial charge < -0.3 is 15.0 Å². The summed E-state index contributed by atoms with van der Waals surface area (Å²) in [4.78, 5) is 19.6. The fourth-order valence-electron chi connectivity index (χ4n) is 2.27. The van der Waals surface area contributed by atoms with Gasteiger partial charge in [-0.1, -0.05) is 18.7 Å². The maximum absolute atomic E-state index is 12.4. The molecule has 1 saturated carbocycles. The van der Waals surface area contributed by atoms with E-state index in [4.69, 9.17) is 4.74 Å². The number of hydrogen-bond acceptors (Lipinski definition) is 5. The number of thioether (sulfide) groups is 1. The predicted molar refractivity (Wildman–Crippen MR) is 75.1 cm³/mol. The third kappa shape index (κ3) is 3.30. The molecular weight excluding hydrogens is 262 g/mol. The van der Waals surface area contributed by atoms with Crippen LogP contribution in [-0.4, -0.2) is 40.4 Å². The maximum atomic E-state index is 12.4. The molecule has 1 unspecified atom stereocenters. The molecule has 0 radical (unpaired) electrons. The minimum absolute atomic E-state index is 0.126. The Labute approximate surface area is 117 Å². The molecule has 2 N–H and O–H groups in total. The van der Waals surface area contributed by atoms with E-state index in [0.29, 0.717) is 18.3 Å². The molecule has 1 aliphatic rings. The Morgan fingerprint density at radius 3 is 2.95 bits per heavy atom. The fraction of sp³-hybridized carbons (Fsp3) is 0.692. The summed E-state index contributed by atoms with van der Waals surface area (Å²) in [5.74, 6) is 0.907. The quantitative estimate of drug-likeness (QED) is 0.563. The number of imidazole rings is 1. The lowest BCUT2D eigenvalue weighted by Gasteiger charge is -2.31. The molecular formula is C13H21N3O2S. The lowest BCUT2D eigenvalue weighted by Crippen LogP contribution is -2.57. The van der Waals surface area contributed by atoms with Crippen LogP contribution in [0.1, 0.15) is 26.7 Å². The molecule has 1 aromatic heterocycles. The molecule has 5 nitrogen and oxygen atoms in total. The van der Waals surface area contributed by atoms with Crippen molar-refractivity contribution in [1.29, 1.82) is 0 Å². The van der Waals surface area contributed by atoms with E-state index in [1.54, 1.807) is 24.2 Å². The number of esters is 1. The van der Waals surface area contributed by atoms with Gasteiger partial charge in [-0.2, -0.15) is 0 Å². The predicted octanol–water partition coefficient (Wildman–Crippen LogP) is 1.82. The number of aromatic amines is 1. The number of rotatable bonds is 8. The molecule has 0 aromatic carbocycles. The van der Waals surface area contributed by atoms with E-state index < -0.39 is 5.54 Å². The van der Waals surface area contributed by atoms with E-state index >= 15 is 0 Å². The van der Waals surface area contributed by atoms with Gasteiger partial charge >= 0.3 is 5.97 Å². The zero-order chi connectivity index (χ0) is 13.7. The number of aromatic nitrogens is 2. The van der Waals surface area contributed by atoms with Crippen molar-refractivity contribution in [2.75, 3.05) is 18.9 Å². The number of carbonyl (C=O) groups excluding carboxylic acids is 1.